The smallest absolute Gasteiger partial charge is 0.243 e. The summed E-state index contributed by atoms with van der Waals surface area (Å²) in [5.41, 5.74) is 1.02. The zero-order chi connectivity index (χ0) is 15.3. The van der Waals surface area contributed by atoms with E-state index in [2.05, 4.69) is 21.8 Å². The molecule has 5 heteroatoms. The molecule has 3 aliphatic heterocycles. The molecule has 1 spiro atoms. The number of hydrogen-bond acceptors (Lipinski definition) is 3. The largest absolute Gasteiger partial charge is 0.345 e. The van der Waals surface area contributed by atoms with Crippen molar-refractivity contribution < 1.29 is 4.79 Å². The molecule has 0 saturated carbocycles. The lowest BCUT2D eigenvalue weighted by Gasteiger charge is -2.32. The minimum atomic E-state index is -0.200. The lowest BCUT2D eigenvalue weighted by Crippen LogP contribution is -2.49. The monoisotopic (exact) mass is 302 g/mol. The number of amides is 1. The molecule has 4 heterocycles. The third kappa shape index (κ3) is 1.81. The van der Waals surface area contributed by atoms with Crippen LogP contribution in [0.2, 0.25) is 0 Å². The molecule has 5 nitrogen and oxygen atoms in total. The summed E-state index contributed by atoms with van der Waals surface area (Å²) in [4.78, 5) is 25.3. The lowest BCUT2D eigenvalue weighted by atomic mass is 9.85. The number of aromatic amines is 1. The van der Waals surface area contributed by atoms with Crippen LogP contribution in [0.5, 0.6) is 0 Å². The van der Waals surface area contributed by atoms with Gasteiger partial charge in [-0.15, -0.1) is 0 Å². The van der Waals surface area contributed by atoms with Crippen molar-refractivity contribution in [3.8, 4) is 0 Å². The highest BCUT2D eigenvalue weighted by Crippen LogP contribution is 2.55. The number of nitrogens with zero attached hydrogens (tertiary/aromatic N) is 3. The number of rotatable bonds is 4. The minimum absolute atomic E-state index is 0.200. The molecule has 1 aromatic heterocycles. The Morgan fingerprint density at radius 1 is 1.50 bits per heavy atom. The summed E-state index contributed by atoms with van der Waals surface area (Å²) in [6, 6.07) is 0.355. The van der Waals surface area contributed by atoms with Crippen molar-refractivity contribution in [1.29, 1.82) is 0 Å². The molecule has 4 rings (SSSR count). The third-order valence-electron chi connectivity index (χ3n) is 6.01. The number of nitrogens with one attached hydrogen (secondary N) is 1. The molecule has 1 N–H and O–H groups in total. The van der Waals surface area contributed by atoms with Crippen molar-refractivity contribution in [3.05, 3.63) is 17.7 Å². The van der Waals surface area contributed by atoms with Crippen LogP contribution in [0.4, 0.5) is 0 Å². The van der Waals surface area contributed by atoms with Crippen LogP contribution < -0.4 is 0 Å². The van der Waals surface area contributed by atoms with Gasteiger partial charge in [-0.05, 0) is 32.2 Å². The number of aryl methyl sites for hydroxylation is 1. The van der Waals surface area contributed by atoms with E-state index in [1.54, 1.807) is 0 Å². The van der Waals surface area contributed by atoms with E-state index in [1.807, 2.05) is 18.1 Å². The SMILES string of the molecule is CCCCc1ncc([C@@H]2C[C@H]3CN(C)C(=O)[C@]34CCCN24)[nH]1. The van der Waals surface area contributed by atoms with Crippen LogP contribution >= 0.6 is 0 Å². The van der Waals surface area contributed by atoms with E-state index in [1.165, 1.54) is 18.5 Å². The molecule has 0 aliphatic carbocycles. The third-order valence-corrected chi connectivity index (χ3v) is 6.01. The average Bonchev–Trinajstić information content (AvgIpc) is 3.22. The van der Waals surface area contributed by atoms with Gasteiger partial charge in [0.2, 0.25) is 5.91 Å². The topological polar surface area (TPSA) is 52.2 Å². The van der Waals surface area contributed by atoms with Gasteiger partial charge in [0.1, 0.15) is 11.4 Å². The highest BCUT2D eigenvalue weighted by Gasteiger charge is 2.64. The van der Waals surface area contributed by atoms with Gasteiger partial charge in [-0.2, -0.15) is 0 Å². The summed E-state index contributed by atoms with van der Waals surface area (Å²) in [5, 5.41) is 0. The number of aromatic nitrogens is 2. The maximum absolute atomic E-state index is 12.8. The molecule has 0 radical (unpaired) electrons. The molecule has 3 saturated heterocycles. The first kappa shape index (κ1) is 14.2. The highest BCUT2D eigenvalue weighted by atomic mass is 16.2. The van der Waals surface area contributed by atoms with E-state index in [0.29, 0.717) is 17.9 Å². The van der Waals surface area contributed by atoms with Crippen molar-refractivity contribution in [1.82, 2.24) is 19.8 Å². The van der Waals surface area contributed by atoms with Gasteiger partial charge in [0.15, 0.2) is 0 Å². The maximum Gasteiger partial charge on any atom is 0.243 e. The molecular formula is C17H26N4O. The summed E-state index contributed by atoms with van der Waals surface area (Å²) < 4.78 is 0. The van der Waals surface area contributed by atoms with Crippen LogP contribution in [0.3, 0.4) is 0 Å². The second-order valence-electron chi connectivity index (χ2n) is 7.24. The standard InChI is InChI=1S/C17H26N4O/c1-3-4-6-15-18-10-13(19-15)14-9-12-11-20(2)16(22)17(12)7-5-8-21(14)17/h10,12,14H,3-9,11H2,1-2H3,(H,18,19)/t12-,14-,17-/m0/s1. The first-order valence-electron chi connectivity index (χ1n) is 8.73. The molecule has 3 aliphatic rings. The Labute approximate surface area is 132 Å². The fourth-order valence-electron chi connectivity index (χ4n) is 5.01. The molecule has 120 valence electrons. The number of imidazole rings is 1. The highest BCUT2D eigenvalue weighted by molar-refractivity contribution is 5.90. The van der Waals surface area contributed by atoms with Gasteiger partial charge in [-0.3, -0.25) is 9.69 Å². The Kier molecular flexibility index (Phi) is 3.29. The molecule has 0 aromatic carbocycles. The summed E-state index contributed by atoms with van der Waals surface area (Å²) in [7, 11) is 1.96. The van der Waals surface area contributed by atoms with Gasteiger partial charge in [-0.1, -0.05) is 13.3 Å². The van der Waals surface area contributed by atoms with E-state index >= 15 is 0 Å². The van der Waals surface area contributed by atoms with Gasteiger partial charge in [0, 0.05) is 32.1 Å². The summed E-state index contributed by atoms with van der Waals surface area (Å²) >= 11 is 0. The Hall–Kier alpha value is -1.36. The van der Waals surface area contributed by atoms with Gasteiger partial charge in [-0.25, -0.2) is 4.98 Å². The van der Waals surface area contributed by atoms with Crippen molar-refractivity contribution in [3.63, 3.8) is 0 Å². The number of H-pyrrole nitrogens is 1. The van der Waals surface area contributed by atoms with E-state index in [4.69, 9.17) is 0 Å². The van der Waals surface area contributed by atoms with Crippen LogP contribution in [0.25, 0.3) is 0 Å². The van der Waals surface area contributed by atoms with Crippen LogP contribution in [-0.4, -0.2) is 51.4 Å². The van der Waals surface area contributed by atoms with Crippen molar-refractivity contribution in [2.24, 2.45) is 5.92 Å². The van der Waals surface area contributed by atoms with Gasteiger partial charge in [0.05, 0.1) is 11.7 Å². The van der Waals surface area contributed by atoms with Crippen LogP contribution in [-0.2, 0) is 11.2 Å². The molecule has 3 fully saturated rings. The Morgan fingerprint density at radius 2 is 2.36 bits per heavy atom. The van der Waals surface area contributed by atoms with Gasteiger partial charge < -0.3 is 9.88 Å². The Balaban J connectivity index is 1.60. The van der Waals surface area contributed by atoms with Crippen molar-refractivity contribution in [2.45, 2.75) is 57.0 Å². The second kappa shape index (κ2) is 5.08. The van der Waals surface area contributed by atoms with Crippen LogP contribution in [0, 0.1) is 5.92 Å². The fourth-order valence-corrected chi connectivity index (χ4v) is 5.01. The first-order valence-corrected chi connectivity index (χ1v) is 8.73. The number of carbonyl (C=O) groups is 1. The Morgan fingerprint density at radius 3 is 3.18 bits per heavy atom. The second-order valence-corrected chi connectivity index (χ2v) is 7.24. The molecule has 1 amide bonds. The van der Waals surface area contributed by atoms with Gasteiger partial charge in [0.25, 0.3) is 0 Å². The van der Waals surface area contributed by atoms with Crippen molar-refractivity contribution >= 4 is 5.91 Å². The van der Waals surface area contributed by atoms with Crippen LogP contribution in [0.1, 0.15) is 56.6 Å². The Bertz CT molecular complexity index is 583. The number of likely N-dealkylation sites (tertiary alicyclic amines) is 1. The van der Waals surface area contributed by atoms with Crippen molar-refractivity contribution in [2.75, 3.05) is 20.1 Å². The zero-order valence-electron chi connectivity index (χ0n) is 13.6. The quantitative estimate of drug-likeness (QED) is 0.927. The predicted octanol–water partition coefficient (Wildman–Crippen LogP) is 2.12. The summed E-state index contributed by atoms with van der Waals surface area (Å²) in [6.07, 6.45) is 8.67. The molecule has 3 atom stereocenters. The maximum atomic E-state index is 12.8. The van der Waals surface area contributed by atoms with E-state index in [9.17, 15) is 4.79 Å². The average molecular weight is 302 g/mol. The number of unbranched alkanes of at least 4 members (excludes halogenated alkanes) is 1. The van der Waals surface area contributed by atoms with E-state index in [0.717, 1.165) is 44.6 Å². The summed E-state index contributed by atoms with van der Waals surface area (Å²) in [6.45, 7) is 4.17. The molecule has 0 bridgehead atoms. The fraction of sp³-hybridized carbons (Fsp3) is 0.765. The van der Waals surface area contributed by atoms with E-state index in [-0.39, 0.29) is 5.54 Å². The molecule has 1 aromatic rings. The molecule has 0 unspecified atom stereocenters. The normalized spacial score (nSPS) is 34.5. The lowest BCUT2D eigenvalue weighted by molar-refractivity contribution is -0.135. The minimum Gasteiger partial charge on any atom is -0.345 e. The van der Waals surface area contributed by atoms with E-state index < -0.39 is 0 Å². The summed E-state index contributed by atoms with van der Waals surface area (Å²) in [5.74, 6) is 1.94. The number of likely N-dealkylation sites (N-methyl/N-ethyl adjacent to an activating group) is 1. The number of carbonyl (C=O) groups excluding carboxylic acids is 1. The van der Waals surface area contributed by atoms with Gasteiger partial charge >= 0.3 is 0 Å². The molecular weight excluding hydrogens is 276 g/mol. The number of hydrogen-bond donors (Lipinski definition) is 1. The van der Waals surface area contributed by atoms with Crippen LogP contribution in [0.15, 0.2) is 6.20 Å². The zero-order valence-corrected chi connectivity index (χ0v) is 13.6. The predicted molar refractivity (Wildman–Crippen MR) is 84.4 cm³/mol. The molecule has 22 heavy (non-hydrogen) atoms. The first-order chi connectivity index (χ1) is 10.7.